The zero-order valence-electron chi connectivity index (χ0n) is 11.6. The summed E-state index contributed by atoms with van der Waals surface area (Å²) in [5.74, 6) is 0. The molecular weight excluding hydrogens is 294 g/mol. The summed E-state index contributed by atoms with van der Waals surface area (Å²) in [6, 6.07) is 6.93. The summed E-state index contributed by atoms with van der Waals surface area (Å²) in [5.41, 5.74) is 0.882. The average Bonchev–Trinajstić information content (AvgIpc) is 2.89. The maximum Gasteiger partial charge on any atom is 0.175 e. The minimum Gasteiger partial charge on any atom is -0.311 e. The molecule has 20 heavy (non-hydrogen) atoms. The van der Waals surface area contributed by atoms with Crippen molar-refractivity contribution in [2.24, 2.45) is 0 Å². The Labute approximate surface area is 123 Å². The van der Waals surface area contributed by atoms with Crippen molar-refractivity contribution in [2.75, 3.05) is 13.3 Å². The molecule has 0 aliphatic carbocycles. The highest BCUT2D eigenvalue weighted by Gasteiger charge is 2.14. The highest BCUT2D eigenvalue weighted by molar-refractivity contribution is 7.90. The van der Waals surface area contributed by atoms with Crippen molar-refractivity contribution >= 4 is 21.2 Å². The molecule has 0 fully saturated rings. The Morgan fingerprint density at radius 2 is 1.90 bits per heavy atom. The summed E-state index contributed by atoms with van der Waals surface area (Å²) in [6.45, 7) is 2.09. The van der Waals surface area contributed by atoms with Gasteiger partial charge in [-0.25, -0.2) is 8.42 Å². The van der Waals surface area contributed by atoms with Crippen LogP contribution in [0, 0.1) is 0 Å². The predicted octanol–water partition coefficient (Wildman–Crippen LogP) is 2.28. The van der Waals surface area contributed by atoms with Crippen LogP contribution in [0.3, 0.4) is 0 Å². The van der Waals surface area contributed by atoms with Gasteiger partial charge in [-0.05, 0) is 25.6 Å². The van der Waals surface area contributed by atoms with Crippen LogP contribution < -0.4 is 5.32 Å². The van der Waals surface area contributed by atoms with Crippen molar-refractivity contribution in [3.8, 4) is 10.6 Å². The van der Waals surface area contributed by atoms with E-state index in [1.165, 1.54) is 17.6 Å². The fourth-order valence-corrected chi connectivity index (χ4v) is 3.51. The Hall–Kier alpha value is -1.31. The number of aromatic nitrogens is 2. The van der Waals surface area contributed by atoms with Crippen LogP contribution in [-0.4, -0.2) is 31.9 Å². The summed E-state index contributed by atoms with van der Waals surface area (Å²) in [5, 5.41) is 13.3. The maximum atomic E-state index is 11.4. The molecule has 1 aromatic carbocycles. The summed E-state index contributed by atoms with van der Waals surface area (Å²) >= 11 is 1.52. The van der Waals surface area contributed by atoms with E-state index >= 15 is 0 Å². The molecular formula is C13H17N3O2S2. The van der Waals surface area contributed by atoms with Gasteiger partial charge in [0.2, 0.25) is 0 Å². The van der Waals surface area contributed by atoms with E-state index in [0.717, 1.165) is 22.0 Å². The molecule has 2 rings (SSSR count). The van der Waals surface area contributed by atoms with Crippen molar-refractivity contribution < 1.29 is 8.42 Å². The number of hydrogen-bond donors (Lipinski definition) is 1. The molecule has 0 aliphatic heterocycles. The lowest BCUT2D eigenvalue weighted by molar-refractivity contribution is 0.568. The highest BCUT2D eigenvalue weighted by atomic mass is 32.2. The molecule has 0 saturated heterocycles. The Bertz CT molecular complexity index is 674. The van der Waals surface area contributed by atoms with Crippen LogP contribution in [0.2, 0.25) is 0 Å². The molecule has 7 heteroatoms. The van der Waals surface area contributed by atoms with E-state index in [2.05, 4.69) is 22.4 Å². The molecule has 1 unspecified atom stereocenters. The van der Waals surface area contributed by atoms with Gasteiger partial charge in [-0.3, -0.25) is 0 Å². The third-order valence-corrected chi connectivity index (χ3v) is 5.24. The van der Waals surface area contributed by atoms with E-state index in [9.17, 15) is 8.42 Å². The second-order valence-corrected chi connectivity index (χ2v) is 7.52. The molecule has 0 amide bonds. The third-order valence-electron chi connectivity index (χ3n) is 3.02. The van der Waals surface area contributed by atoms with Crippen molar-refractivity contribution in [1.29, 1.82) is 0 Å². The van der Waals surface area contributed by atoms with Crippen LogP contribution in [0.15, 0.2) is 29.2 Å². The van der Waals surface area contributed by atoms with Gasteiger partial charge >= 0.3 is 0 Å². The highest BCUT2D eigenvalue weighted by Crippen LogP contribution is 2.28. The van der Waals surface area contributed by atoms with Gasteiger partial charge in [0.1, 0.15) is 10.0 Å². The van der Waals surface area contributed by atoms with Crippen LogP contribution in [0.5, 0.6) is 0 Å². The monoisotopic (exact) mass is 311 g/mol. The molecule has 1 N–H and O–H groups in total. The molecule has 0 radical (unpaired) electrons. The molecule has 5 nitrogen and oxygen atoms in total. The van der Waals surface area contributed by atoms with Gasteiger partial charge in [0.05, 0.1) is 10.9 Å². The molecule has 2 aromatic rings. The zero-order valence-corrected chi connectivity index (χ0v) is 13.3. The number of sulfone groups is 1. The standard InChI is InChI=1S/C13H17N3O2S2/c1-4-11(14-2)13-16-15-12(19-13)9-5-7-10(8-6-9)20(3,17)18/h5-8,11,14H,4H2,1-3H3. The maximum absolute atomic E-state index is 11.4. The van der Waals surface area contributed by atoms with E-state index in [-0.39, 0.29) is 6.04 Å². The minimum atomic E-state index is -3.16. The van der Waals surface area contributed by atoms with Gasteiger partial charge in [-0.2, -0.15) is 0 Å². The second kappa shape index (κ2) is 5.99. The van der Waals surface area contributed by atoms with E-state index in [1.54, 1.807) is 24.3 Å². The summed E-state index contributed by atoms with van der Waals surface area (Å²) in [7, 11) is -1.26. The number of nitrogens with one attached hydrogen (secondary N) is 1. The van der Waals surface area contributed by atoms with Gasteiger partial charge in [0, 0.05) is 11.8 Å². The molecule has 0 bridgehead atoms. The first-order valence-electron chi connectivity index (χ1n) is 6.27. The fraction of sp³-hybridized carbons (Fsp3) is 0.385. The normalized spacial score (nSPS) is 13.3. The van der Waals surface area contributed by atoms with Crippen molar-refractivity contribution in [3.63, 3.8) is 0 Å². The smallest absolute Gasteiger partial charge is 0.175 e. The molecule has 1 atom stereocenters. The second-order valence-electron chi connectivity index (χ2n) is 4.49. The number of rotatable bonds is 5. The fourth-order valence-electron chi connectivity index (χ4n) is 1.84. The van der Waals surface area contributed by atoms with Gasteiger partial charge < -0.3 is 5.32 Å². The van der Waals surface area contributed by atoms with Gasteiger partial charge in [-0.1, -0.05) is 30.4 Å². The molecule has 0 saturated carbocycles. The SMILES string of the molecule is CCC(NC)c1nnc(-c2ccc(S(C)(=O)=O)cc2)s1. The van der Waals surface area contributed by atoms with Crippen LogP contribution in [0.4, 0.5) is 0 Å². The van der Waals surface area contributed by atoms with Gasteiger partial charge in [-0.15, -0.1) is 10.2 Å². The quantitative estimate of drug-likeness (QED) is 0.917. The van der Waals surface area contributed by atoms with Crippen LogP contribution in [-0.2, 0) is 9.84 Å². The Kier molecular flexibility index (Phi) is 4.52. The average molecular weight is 311 g/mol. The van der Waals surface area contributed by atoms with Crippen LogP contribution in [0.1, 0.15) is 24.4 Å². The van der Waals surface area contributed by atoms with E-state index < -0.39 is 9.84 Å². The number of benzene rings is 1. The van der Waals surface area contributed by atoms with Crippen LogP contribution >= 0.6 is 11.3 Å². The molecule has 0 aliphatic rings. The zero-order chi connectivity index (χ0) is 14.8. The first-order chi connectivity index (χ1) is 9.45. The van der Waals surface area contributed by atoms with E-state index in [0.29, 0.717) is 4.90 Å². The lowest BCUT2D eigenvalue weighted by Gasteiger charge is -2.08. The largest absolute Gasteiger partial charge is 0.311 e. The Morgan fingerprint density at radius 3 is 2.40 bits per heavy atom. The van der Waals surface area contributed by atoms with Crippen molar-refractivity contribution in [1.82, 2.24) is 15.5 Å². The Balaban J connectivity index is 2.29. The van der Waals surface area contributed by atoms with Gasteiger partial charge in [0.25, 0.3) is 0 Å². The third kappa shape index (κ3) is 3.23. The summed E-state index contributed by atoms with van der Waals surface area (Å²) < 4.78 is 22.8. The first kappa shape index (κ1) is 15.1. The molecule has 108 valence electrons. The lowest BCUT2D eigenvalue weighted by atomic mass is 10.2. The van der Waals surface area contributed by atoms with Crippen molar-refractivity contribution in [2.45, 2.75) is 24.3 Å². The Morgan fingerprint density at radius 1 is 1.25 bits per heavy atom. The molecule has 1 heterocycles. The van der Waals surface area contributed by atoms with E-state index in [4.69, 9.17) is 0 Å². The van der Waals surface area contributed by atoms with E-state index in [1.807, 2.05) is 7.05 Å². The van der Waals surface area contributed by atoms with Crippen LogP contribution in [0.25, 0.3) is 10.6 Å². The van der Waals surface area contributed by atoms with Crippen molar-refractivity contribution in [3.05, 3.63) is 29.3 Å². The molecule has 0 spiro atoms. The lowest BCUT2D eigenvalue weighted by Crippen LogP contribution is -2.14. The minimum absolute atomic E-state index is 0.205. The predicted molar refractivity (Wildman–Crippen MR) is 80.5 cm³/mol. The van der Waals surface area contributed by atoms with Gasteiger partial charge in [0.15, 0.2) is 9.84 Å². The number of hydrogen-bond acceptors (Lipinski definition) is 6. The summed E-state index contributed by atoms with van der Waals surface area (Å²) in [6.07, 6.45) is 2.14. The molecule has 1 aromatic heterocycles. The summed E-state index contributed by atoms with van der Waals surface area (Å²) in [4.78, 5) is 0.313. The first-order valence-corrected chi connectivity index (χ1v) is 8.97. The topological polar surface area (TPSA) is 72.0 Å². The number of nitrogens with zero attached hydrogens (tertiary/aromatic N) is 2.